The van der Waals surface area contributed by atoms with Crippen LogP contribution in [0.4, 0.5) is 9.93 Å². The maximum absolute atomic E-state index is 11.6. The van der Waals surface area contributed by atoms with Crippen LogP contribution in [0.25, 0.3) is 5.57 Å². The van der Waals surface area contributed by atoms with Gasteiger partial charge in [-0.15, -0.1) is 0 Å². The monoisotopic (exact) mass is 283 g/mol. The molecule has 1 aromatic heterocycles. The number of nitrogens with zero attached hydrogens (tertiary/aromatic N) is 1. The minimum Gasteiger partial charge on any atom is -0.444 e. The Morgan fingerprint density at radius 1 is 1.53 bits per heavy atom. The molecule has 1 heterocycles. The maximum Gasteiger partial charge on any atom is 0.413 e. The molecule has 0 spiro atoms. The van der Waals surface area contributed by atoms with Crippen LogP contribution < -0.4 is 11.1 Å². The lowest BCUT2D eigenvalue weighted by atomic mass is 10.1. The summed E-state index contributed by atoms with van der Waals surface area (Å²) in [5.41, 5.74) is 6.76. The van der Waals surface area contributed by atoms with Crippen LogP contribution in [0, 0.1) is 6.92 Å². The third-order valence-electron chi connectivity index (χ3n) is 2.17. The molecule has 0 radical (unpaired) electrons. The number of aryl methyl sites for hydroxylation is 1. The van der Waals surface area contributed by atoms with Crippen LogP contribution in [-0.2, 0) is 4.74 Å². The average molecular weight is 283 g/mol. The molecule has 106 valence electrons. The van der Waals surface area contributed by atoms with Gasteiger partial charge in [-0.05, 0) is 46.2 Å². The molecule has 0 aliphatic carbocycles. The van der Waals surface area contributed by atoms with Crippen LogP contribution in [-0.4, -0.2) is 23.2 Å². The molecule has 0 unspecified atom stereocenters. The molecule has 0 aromatic carbocycles. The van der Waals surface area contributed by atoms with Crippen LogP contribution in [0.5, 0.6) is 0 Å². The number of carbonyl (C=O) groups is 1. The smallest absolute Gasteiger partial charge is 0.413 e. The average Bonchev–Trinajstić information content (AvgIpc) is 2.56. The Labute approximate surface area is 117 Å². The first-order valence-corrected chi connectivity index (χ1v) is 6.90. The van der Waals surface area contributed by atoms with Crippen molar-refractivity contribution in [3.63, 3.8) is 0 Å². The van der Waals surface area contributed by atoms with Crippen molar-refractivity contribution in [2.24, 2.45) is 5.73 Å². The Morgan fingerprint density at radius 2 is 2.16 bits per heavy atom. The second-order valence-corrected chi connectivity index (χ2v) is 6.20. The van der Waals surface area contributed by atoms with Crippen LogP contribution in [0.3, 0.4) is 0 Å². The van der Waals surface area contributed by atoms with Gasteiger partial charge in [0.2, 0.25) is 0 Å². The molecule has 0 aliphatic rings. The van der Waals surface area contributed by atoms with Gasteiger partial charge in [0.1, 0.15) is 5.60 Å². The number of anilines is 1. The Bertz CT molecular complexity index is 475. The Balaban J connectivity index is 2.74. The molecule has 1 aromatic rings. The van der Waals surface area contributed by atoms with E-state index in [4.69, 9.17) is 10.5 Å². The zero-order valence-electron chi connectivity index (χ0n) is 11.9. The molecule has 0 bridgehead atoms. The van der Waals surface area contributed by atoms with Crippen LogP contribution in [0.15, 0.2) is 6.58 Å². The van der Waals surface area contributed by atoms with E-state index in [0.29, 0.717) is 11.7 Å². The highest BCUT2D eigenvalue weighted by Gasteiger charge is 2.18. The topological polar surface area (TPSA) is 77.2 Å². The van der Waals surface area contributed by atoms with E-state index in [-0.39, 0.29) is 0 Å². The number of rotatable bonds is 4. The molecule has 3 N–H and O–H groups in total. The lowest BCUT2D eigenvalue weighted by Gasteiger charge is -2.18. The molecule has 1 rings (SSSR count). The van der Waals surface area contributed by atoms with E-state index >= 15 is 0 Å². The van der Waals surface area contributed by atoms with Crippen LogP contribution in [0.2, 0.25) is 0 Å². The van der Waals surface area contributed by atoms with Crippen LogP contribution in [0.1, 0.15) is 37.8 Å². The number of nitrogens with two attached hydrogens (primary N) is 1. The highest BCUT2D eigenvalue weighted by Crippen LogP contribution is 2.29. The summed E-state index contributed by atoms with van der Waals surface area (Å²) in [6, 6.07) is 0. The molecule has 6 heteroatoms. The Kier molecular flexibility index (Phi) is 5.08. The van der Waals surface area contributed by atoms with Crippen molar-refractivity contribution in [2.75, 3.05) is 11.9 Å². The molecule has 5 nitrogen and oxygen atoms in total. The predicted molar refractivity (Wildman–Crippen MR) is 79.4 cm³/mol. The fraction of sp³-hybridized carbons (Fsp3) is 0.538. The van der Waals surface area contributed by atoms with Gasteiger partial charge < -0.3 is 10.5 Å². The molecule has 1 amide bonds. The lowest BCUT2D eigenvalue weighted by Crippen LogP contribution is -2.27. The number of thiazole rings is 1. The standard InChI is InChI=1S/C13H21N3O2S/c1-8(6-7-14)10-9(2)15-11(19-10)16-12(17)18-13(3,4)5/h1,6-7,14H2,2-5H3,(H,15,16,17). The molecule has 0 atom stereocenters. The molecule has 0 saturated carbocycles. The quantitative estimate of drug-likeness (QED) is 0.889. The van der Waals surface area contributed by atoms with Gasteiger partial charge in [0.05, 0.1) is 10.6 Å². The van der Waals surface area contributed by atoms with E-state index in [1.54, 1.807) is 0 Å². The number of carbonyl (C=O) groups excluding carboxylic acids is 1. The van der Waals surface area contributed by atoms with E-state index in [1.807, 2.05) is 27.7 Å². The minimum absolute atomic E-state index is 0.503. The summed E-state index contributed by atoms with van der Waals surface area (Å²) in [4.78, 5) is 16.9. The first kappa shape index (κ1) is 15.7. The number of ether oxygens (including phenoxy) is 1. The summed E-state index contributed by atoms with van der Waals surface area (Å²) in [7, 11) is 0. The number of amides is 1. The normalized spacial score (nSPS) is 11.2. The fourth-order valence-electron chi connectivity index (χ4n) is 1.46. The van der Waals surface area contributed by atoms with E-state index in [2.05, 4.69) is 16.9 Å². The molecule has 0 fully saturated rings. The lowest BCUT2D eigenvalue weighted by molar-refractivity contribution is 0.0636. The SMILES string of the molecule is C=C(CCN)c1sc(NC(=O)OC(C)(C)C)nc1C. The second-order valence-electron chi connectivity index (χ2n) is 5.20. The van der Waals surface area contributed by atoms with Gasteiger partial charge in [0.15, 0.2) is 5.13 Å². The van der Waals surface area contributed by atoms with Gasteiger partial charge in [0.25, 0.3) is 0 Å². The summed E-state index contributed by atoms with van der Waals surface area (Å²) in [5, 5.41) is 3.14. The maximum atomic E-state index is 11.6. The van der Waals surface area contributed by atoms with Crippen molar-refractivity contribution >= 4 is 28.1 Å². The molecular weight excluding hydrogens is 262 g/mol. The van der Waals surface area contributed by atoms with Gasteiger partial charge in [-0.2, -0.15) is 0 Å². The number of aromatic nitrogens is 1. The first-order chi connectivity index (χ1) is 8.73. The second kappa shape index (κ2) is 6.16. The van der Waals surface area contributed by atoms with Gasteiger partial charge >= 0.3 is 6.09 Å². The third-order valence-corrected chi connectivity index (χ3v) is 3.35. The number of nitrogens with one attached hydrogen (secondary N) is 1. The highest BCUT2D eigenvalue weighted by molar-refractivity contribution is 7.16. The largest absolute Gasteiger partial charge is 0.444 e. The summed E-state index contributed by atoms with van der Waals surface area (Å²) in [6.45, 7) is 11.8. The minimum atomic E-state index is -0.525. The zero-order valence-corrected chi connectivity index (χ0v) is 12.7. The molecule has 19 heavy (non-hydrogen) atoms. The van der Waals surface area contributed by atoms with Crippen molar-refractivity contribution in [3.8, 4) is 0 Å². The van der Waals surface area contributed by atoms with E-state index in [1.165, 1.54) is 11.3 Å². The van der Waals surface area contributed by atoms with Crippen molar-refractivity contribution < 1.29 is 9.53 Å². The summed E-state index contributed by atoms with van der Waals surface area (Å²) in [5.74, 6) is 0. The van der Waals surface area contributed by atoms with E-state index in [0.717, 1.165) is 22.6 Å². The fourth-order valence-corrected chi connectivity index (χ4v) is 2.41. The Hall–Kier alpha value is -1.40. The molecular formula is C13H21N3O2S. The number of hydrogen-bond donors (Lipinski definition) is 2. The van der Waals surface area contributed by atoms with E-state index in [9.17, 15) is 4.79 Å². The highest BCUT2D eigenvalue weighted by atomic mass is 32.1. The summed E-state index contributed by atoms with van der Waals surface area (Å²) < 4.78 is 5.17. The van der Waals surface area contributed by atoms with Crippen molar-refractivity contribution in [1.82, 2.24) is 4.98 Å². The zero-order chi connectivity index (χ0) is 14.6. The first-order valence-electron chi connectivity index (χ1n) is 6.08. The van der Waals surface area contributed by atoms with Crippen molar-refractivity contribution in [2.45, 2.75) is 39.7 Å². The third kappa shape index (κ3) is 5.00. The molecule has 0 saturated heterocycles. The van der Waals surface area contributed by atoms with Crippen LogP contribution >= 0.6 is 11.3 Å². The van der Waals surface area contributed by atoms with Crippen molar-refractivity contribution in [1.29, 1.82) is 0 Å². The van der Waals surface area contributed by atoms with Crippen molar-refractivity contribution in [3.05, 3.63) is 17.2 Å². The summed E-state index contributed by atoms with van der Waals surface area (Å²) in [6.07, 6.45) is 0.215. The predicted octanol–water partition coefficient (Wildman–Crippen LogP) is 3.16. The van der Waals surface area contributed by atoms with Gasteiger partial charge in [-0.1, -0.05) is 17.9 Å². The molecule has 0 aliphatic heterocycles. The Morgan fingerprint density at radius 3 is 2.68 bits per heavy atom. The summed E-state index contributed by atoms with van der Waals surface area (Å²) >= 11 is 1.38. The van der Waals surface area contributed by atoms with Gasteiger partial charge in [0, 0.05) is 0 Å². The van der Waals surface area contributed by atoms with Gasteiger partial charge in [-0.3, -0.25) is 5.32 Å². The van der Waals surface area contributed by atoms with Gasteiger partial charge in [-0.25, -0.2) is 9.78 Å². The number of hydrogen-bond acceptors (Lipinski definition) is 5. The van der Waals surface area contributed by atoms with E-state index < -0.39 is 11.7 Å².